The van der Waals surface area contributed by atoms with Crippen LogP contribution >= 0.6 is 0 Å². The molecular formula is C20H31N3O2. The van der Waals surface area contributed by atoms with E-state index in [0.29, 0.717) is 6.10 Å². The summed E-state index contributed by atoms with van der Waals surface area (Å²) in [5, 5.41) is 0. The zero-order chi connectivity index (χ0) is 16.9. The number of anilines is 1. The predicted octanol–water partition coefficient (Wildman–Crippen LogP) is 2.95. The van der Waals surface area contributed by atoms with Crippen molar-refractivity contribution in [2.75, 3.05) is 50.8 Å². The molecule has 3 aliphatic rings. The summed E-state index contributed by atoms with van der Waals surface area (Å²) in [5.41, 5.74) is 0. The molecule has 5 nitrogen and oxygen atoms in total. The molecule has 1 atom stereocenters. The smallest absolute Gasteiger partial charge is 0.171 e. The summed E-state index contributed by atoms with van der Waals surface area (Å²) >= 11 is 0. The Balaban J connectivity index is 1.28. The van der Waals surface area contributed by atoms with Gasteiger partial charge in [-0.2, -0.15) is 0 Å². The van der Waals surface area contributed by atoms with Gasteiger partial charge in [-0.1, -0.05) is 0 Å². The molecule has 4 rings (SSSR count). The third kappa shape index (κ3) is 4.45. The maximum atomic E-state index is 6.38. The first-order valence-corrected chi connectivity index (χ1v) is 10.1. The van der Waals surface area contributed by atoms with Crippen LogP contribution in [0.5, 0.6) is 5.75 Å². The highest BCUT2D eigenvalue weighted by Crippen LogP contribution is 2.30. The number of nitrogens with zero attached hydrogens (tertiary/aromatic N) is 3. The number of pyridine rings is 1. The van der Waals surface area contributed by atoms with Crippen molar-refractivity contribution in [3.8, 4) is 5.75 Å². The lowest BCUT2D eigenvalue weighted by molar-refractivity contribution is 0.0605. The van der Waals surface area contributed by atoms with Gasteiger partial charge in [0, 0.05) is 45.6 Å². The largest absolute Gasteiger partial charge is 0.485 e. The van der Waals surface area contributed by atoms with Gasteiger partial charge in [0.25, 0.3) is 0 Å². The molecule has 3 saturated heterocycles. The van der Waals surface area contributed by atoms with Crippen LogP contribution in [-0.4, -0.2) is 61.9 Å². The Morgan fingerprint density at radius 1 is 1.12 bits per heavy atom. The van der Waals surface area contributed by atoms with Crippen molar-refractivity contribution in [2.45, 2.75) is 44.6 Å². The molecule has 0 bridgehead atoms. The van der Waals surface area contributed by atoms with E-state index in [1.165, 1.54) is 38.6 Å². The van der Waals surface area contributed by atoms with E-state index in [-0.39, 0.29) is 0 Å². The van der Waals surface area contributed by atoms with Crippen LogP contribution in [0.15, 0.2) is 18.3 Å². The van der Waals surface area contributed by atoms with Crippen molar-refractivity contribution in [1.29, 1.82) is 0 Å². The third-order valence-electron chi connectivity index (χ3n) is 5.87. The van der Waals surface area contributed by atoms with Crippen molar-refractivity contribution in [1.82, 2.24) is 9.88 Å². The monoisotopic (exact) mass is 345 g/mol. The van der Waals surface area contributed by atoms with Gasteiger partial charge in [0.15, 0.2) is 11.6 Å². The molecular weight excluding hydrogens is 314 g/mol. The summed E-state index contributed by atoms with van der Waals surface area (Å²) in [7, 11) is 0. The first-order valence-electron chi connectivity index (χ1n) is 10.1. The van der Waals surface area contributed by atoms with Gasteiger partial charge >= 0.3 is 0 Å². The van der Waals surface area contributed by atoms with E-state index in [9.17, 15) is 0 Å². The first kappa shape index (κ1) is 17.1. The van der Waals surface area contributed by atoms with Crippen LogP contribution in [0.3, 0.4) is 0 Å². The van der Waals surface area contributed by atoms with Crippen LogP contribution < -0.4 is 9.64 Å². The Hall–Kier alpha value is -1.33. The zero-order valence-corrected chi connectivity index (χ0v) is 15.2. The predicted molar refractivity (Wildman–Crippen MR) is 99.3 cm³/mol. The summed E-state index contributed by atoms with van der Waals surface area (Å²) in [4.78, 5) is 9.54. The number of hydrogen-bond acceptors (Lipinski definition) is 5. The maximum absolute atomic E-state index is 6.38. The van der Waals surface area contributed by atoms with E-state index in [0.717, 1.165) is 63.3 Å². The van der Waals surface area contributed by atoms with Crippen molar-refractivity contribution in [3.05, 3.63) is 18.3 Å². The van der Waals surface area contributed by atoms with E-state index in [2.05, 4.69) is 20.9 Å². The number of aromatic nitrogens is 1. The highest BCUT2D eigenvalue weighted by molar-refractivity contribution is 5.52. The number of ether oxygens (including phenoxy) is 2. The standard InChI is InChI=1S/C20H31N3O2/c1-2-11-23(10-1)20-19(4-3-9-21-20)25-18-6-13-22(16-18)12-5-17-7-14-24-15-8-17/h3-4,9,17-18H,1-2,5-8,10-16H2. The molecule has 25 heavy (non-hydrogen) atoms. The Morgan fingerprint density at radius 2 is 1.96 bits per heavy atom. The summed E-state index contributed by atoms with van der Waals surface area (Å²) in [5.74, 6) is 2.87. The first-order chi connectivity index (χ1) is 12.4. The fraction of sp³-hybridized carbons (Fsp3) is 0.750. The molecule has 0 aromatic carbocycles. The molecule has 0 radical (unpaired) electrons. The topological polar surface area (TPSA) is 37.8 Å². The Morgan fingerprint density at radius 3 is 2.80 bits per heavy atom. The number of likely N-dealkylation sites (tertiary alicyclic amines) is 1. The second kappa shape index (κ2) is 8.37. The van der Waals surface area contributed by atoms with Crippen molar-refractivity contribution >= 4 is 5.82 Å². The van der Waals surface area contributed by atoms with Crippen LogP contribution in [-0.2, 0) is 4.74 Å². The lowest BCUT2D eigenvalue weighted by Crippen LogP contribution is -2.28. The van der Waals surface area contributed by atoms with Crippen LogP contribution in [0.25, 0.3) is 0 Å². The molecule has 5 heteroatoms. The minimum Gasteiger partial charge on any atom is -0.485 e. The van der Waals surface area contributed by atoms with Crippen LogP contribution in [0, 0.1) is 5.92 Å². The van der Waals surface area contributed by atoms with Gasteiger partial charge in [0.2, 0.25) is 0 Å². The van der Waals surface area contributed by atoms with Crippen molar-refractivity contribution < 1.29 is 9.47 Å². The Labute approximate surface area is 151 Å². The second-order valence-electron chi connectivity index (χ2n) is 7.69. The molecule has 3 aliphatic heterocycles. The van der Waals surface area contributed by atoms with Crippen LogP contribution in [0.4, 0.5) is 5.82 Å². The average Bonchev–Trinajstić information content (AvgIpc) is 3.33. The third-order valence-corrected chi connectivity index (χ3v) is 5.87. The number of hydrogen-bond donors (Lipinski definition) is 0. The van der Waals surface area contributed by atoms with Crippen molar-refractivity contribution in [2.24, 2.45) is 5.92 Å². The summed E-state index contributed by atoms with van der Waals surface area (Å²) in [6, 6.07) is 4.08. The maximum Gasteiger partial charge on any atom is 0.171 e. The SMILES string of the molecule is c1cnc(N2CCCC2)c(OC2CCN(CCC3CCOCC3)C2)c1. The molecule has 1 unspecified atom stereocenters. The minimum absolute atomic E-state index is 0.306. The summed E-state index contributed by atoms with van der Waals surface area (Å²) in [6.07, 6.45) is 9.63. The zero-order valence-electron chi connectivity index (χ0n) is 15.2. The van der Waals surface area contributed by atoms with E-state index >= 15 is 0 Å². The van der Waals surface area contributed by atoms with E-state index < -0.39 is 0 Å². The molecule has 0 aliphatic carbocycles. The average molecular weight is 345 g/mol. The van der Waals surface area contributed by atoms with Gasteiger partial charge < -0.3 is 14.4 Å². The molecule has 0 N–H and O–H groups in total. The normalized spacial score (nSPS) is 25.6. The van der Waals surface area contributed by atoms with Crippen molar-refractivity contribution in [3.63, 3.8) is 0 Å². The van der Waals surface area contributed by atoms with E-state index in [1.54, 1.807) is 0 Å². The second-order valence-corrected chi connectivity index (χ2v) is 7.69. The number of rotatable bonds is 6. The molecule has 0 amide bonds. The quantitative estimate of drug-likeness (QED) is 0.792. The van der Waals surface area contributed by atoms with Crippen LogP contribution in [0.2, 0.25) is 0 Å². The molecule has 4 heterocycles. The van der Waals surface area contributed by atoms with Gasteiger partial charge in [-0.05, 0) is 63.1 Å². The fourth-order valence-corrected chi connectivity index (χ4v) is 4.32. The molecule has 138 valence electrons. The summed E-state index contributed by atoms with van der Waals surface area (Å²) in [6.45, 7) is 7.54. The molecule has 0 spiro atoms. The fourth-order valence-electron chi connectivity index (χ4n) is 4.32. The van der Waals surface area contributed by atoms with Gasteiger partial charge in [0.1, 0.15) is 6.10 Å². The van der Waals surface area contributed by atoms with E-state index in [4.69, 9.17) is 9.47 Å². The molecule has 1 aromatic rings. The van der Waals surface area contributed by atoms with E-state index in [1.807, 2.05) is 12.3 Å². The van der Waals surface area contributed by atoms with Gasteiger partial charge in [-0.25, -0.2) is 4.98 Å². The molecule has 1 aromatic heterocycles. The Bertz CT molecular complexity index is 541. The summed E-state index contributed by atoms with van der Waals surface area (Å²) < 4.78 is 11.8. The van der Waals surface area contributed by atoms with Gasteiger partial charge in [-0.15, -0.1) is 0 Å². The molecule has 3 fully saturated rings. The molecule has 0 saturated carbocycles. The minimum atomic E-state index is 0.306. The Kier molecular flexibility index (Phi) is 5.72. The van der Waals surface area contributed by atoms with Gasteiger partial charge in [0.05, 0.1) is 0 Å². The lowest BCUT2D eigenvalue weighted by atomic mass is 9.96. The van der Waals surface area contributed by atoms with Crippen LogP contribution in [0.1, 0.15) is 38.5 Å². The highest BCUT2D eigenvalue weighted by Gasteiger charge is 2.27. The lowest BCUT2D eigenvalue weighted by Gasteiger charge is -2.25. The van der Waals surface area contributed by atoms with Gasteiger partial charge in [-0.3, -0.25) is 4.90 Å². The highest BCUT2D eigenvalue weighted by atomic mass is 16.5.